The van der Waals surface area contributed by atoms with Crippen LogP contribution in [0.2, 0.25) is 0 Å². The Bertz CT molecular complexity index is 357. The maximum absolute atomic E-state index is 6.19. The summed E-state index contributed by atoms with van der Waals surface area (Å²) in [6.07, 6.45) is 10.9. The van der Waals surface area contributed by atoms with Crippen molar-refractivity contribution in [3.8, 4) is 0 Å². The number of ether oxygens (including phenoxy) is 1. The number of hydrogen-bond donors (Lipinski definition) is 1. The second kappa shape index (κ2) is 9.26. The molecule has 1 N–H and O–H groups in total. The molecule has 0 bridgehead atoms. The van der Waals surface area contributed by atoms with Crippen molar-refractivity contribution in [2.75, 3.05) is 13.2 Å². The molecule has 3 heteroatoms. The van der Waals surface area contributed by atoms with Crippen LogP contribution in [-0.4, -0.2) is 25.3 Å². The Kier molecular flexibility index (Phi) is 7.31. The minimum absolute atomic E-state index is 0.312. The fourth-order valence-electron chi connectivity index (χ4n) is 3.52. The highest BCUT2D eigenvalue weighted by Gasteiger charge is 2.31. The Hall–Kier alpha value is -0.800. The lowest BCUT2D eigenvalue weighted by Gasteiger charge is -2.36. The molecule has 1 aliphatic carbocycles. The van der Waals surface area contributed by atoms with Gasteiger partial charge in [0.15, 0.2) is 0 Å². The van der Waals surface area contributed by atoms with Crippen molar-refractivity contribution >= 4 is 0 Å². The summed E-state index contributed by atoms with van der Waals surface area (Å²) in [6, 6.07) is 4.41. The summed E-state index contributed by atoms with van der Waals surface area (Å²) in [5, 5.41) is 3.70. The molecule has 0 aliphatic heterocycles. The highest BCUT2D eigenvalue weighted by molar-refractivity contribution is 5.02. The van der Waals surface area contributed by atoms with Crippen LogP contribution in [0, 0.1) is 5.92 Å². The molecular formula is C18H31NO2. The van der Waals surface area contributed by atoms with E-state index in [4.69, 9.17) is 9.15 Å². The summed E-state index contributed by atoms with van der Waals surface area (Å²) >= 11 is 0. The molecule has 1 heterocycles. The standard InChI is InChI=1S/C18H31NO2/c1-3-12-19-17(14-16-11-8-13-21-16)18(20-4-2)15-9-6-5-7-10-15/h8,11,13,15,17-19H,3-7,9-10,12,14H2,1-2H3. The van der Waals surface area contributed by atoms with Crippen molar-refractivity contribution in [2.45, 2.75) is 70.9 Å². The number of furan rings is 1. The largest absolute Gasteiger partial charge is 0.469 e. The first kappa shape index (κ1) is 16.6. The van der Waals surface area contributed by atoms with Gasteiger partial charge in [-0.05, 0) is 50.8 Å². The molecule has 1 aromatic heterocycles. The average molecular weight is 293 g/mol. The van der Waals surface area contributed by atoms with Crippen LogP contribution in [0.3, 0.4) is 0 Å². The Morgan fingerprint density at radius 2 is 2.10 bits per heavy atom. The molecule has 1 aromatic rings. The third-order valence-electron chi connectivity index (χ3n) is 4.53. The van der Waals surface area contributed by atoms with Crippen molar-refractivity contribution in [3.05, 3.63) is 24.2 Å². The highest BCUT2D eigenvalue weighted by atomic mass is 16.5. The Labute approximate surface area is 129 Å². The molecule has 1 saturated carbocycles. The Balaban J connectivity index is 2.04. The van der Waals surface area contributed by atoms with Crippen molar-refractivity contribution < 1.29 is 9.15 Å². The third kappa shape index (κ3) is 5.15. The van der Waals surface area contributed by atoms with E-state index in [9.17, 15) is 0 Å². The van der Waals surface area contributed by atoms with Gasteiger partial charge in [-0.1, -0.05) is 26.2 Å². The zero-order valence-corrected chi connectivity index (χ0v) is 13.6. The molecule has 0 radical (unpaired) electrons. The van der Waals surface area contributed by atoms with Gasteiger partial charge in [-0.3, -0.25) is 0 Å². The Morgan fingerprint density at radius 3 is 2.71 bits per heavy atom. The summed E-state index contributed by atoms with van der Waals surface area (Å²) in [5.41, 5.74) is 0. The van der Waals surface area contributed by atoms with Gasteiger partial charge in [0.05, 0.1) is 12.4 Å². The van der Waals surface area contributed by atoms with Crippen LogP contribution in [0.1, 0.15) is 58.1 Å². The van der Waals surface area contributed by atoms with Gasteiger partial charge >= 0.3 is 0 Å². The van der Waals surface area contributed by atoms with Gasteiger partial charge in [-0.15, -0.1) is 0 Å². The first-order chi connectivity index (χ1) is 10.3. The van der Waals surface area contributed by atoms with Crippen molar-refractivity contribution in [3.63, 3.8) is 0 Å². The van der Waals surface area contributed by atoms with Gasteiger partial charge in [0.25, 0.3) is 0 Å². The van der Waals surface area contributed by atoms with Crippen LogP contribution in [0.5, 0.6) is 0 Å². The van der Waals surface area contributed by atoms with E-state index in [0.717, 1.165) is 31.8 Å². The topological polar surface area (TPSA) is 34.4 Å². The van der Waals surface area contributed by atoms with Crippen LogP contribution in [0.15, 0.2) is 22.8 Å². The molecule has 0 aromatic carbocycles. The monoisotopic (exact) mass is 293 g/mol. The predicted molar refractivity (Wildman–Crippen MR) is 86.5 cm³/mol. The molecule has 1 fully saturated rings. The lowest BCUT2D eigenvalue weighted by Crippen LogP contribution is -2.47. The van der Waals surface area contributed by atoms with Crippen molar-refractivity contribution in [1.29, 1.82) is 0 Å². The maximum Gasteiger partial charge on any atom is 0.105 e. The molecule has 120 valence electrons. The number of nitrogens with one attached hydrogen (secondary N) is 1. The van der Waals surface area contributed by atoms with E-state index in [0.29, 0.717) is 18.1 Å². The summed E-state index contributed by atoms with van der Waals surface area (Å²) in [4.78, 5) is 0. The van der Waals surface area contributed by atoms with Crippen LogP contribution < -0.4 is 5.32 Å². The van der Waals surface area contributed by atoms with Crippen LogP contribution in [0.4, 0.5) is 0 Å². The quantitative estimate of drug-likeness (QED) is 0.742. The maximum atomic E-state index is 6.19. The van der Waals surface area contributed by atoms with Crippen LogP contribution in [-0.2, 0) is 11.2 Å². The van der Waals surface area contributed by atoms with Crippen LogP contribution >= 0.6 is 0 Å². The molecule has 0 spiro atoms. The second-order valence-corrected chi connectivity index (χ2v) is 6.16. The average Bonchev–Trinajstić information content (AvgIpc) is 3.03. The molecule has 2 unspecified atom stereocenters. The lowest BCUT2D eigenvalue weighted by atomic mass is 9.81. The van der Waals surface area contributed by atoms with E-state index < -0.39 is 0 Å². The van der Waals surface area contributed by atoms with E-state index >= 15 is 0 Å². The van der Waals surface area contributed by atoms with Gasteiger partial charge in [-0.25, -0.2) is 0 Å². The smallest absolute Gasteiger partial charge is 0.105 e. The van der Waals surface area contributed by atoms with Crippen molar-refractivity contribution in [2.24, 2.45) is 5.92 Å². The molecule has 2 atom stereocenters. The summed E-state index contributed by atoms with van der Waals surface area (Å²) in [7, 11) is 0. The summed E-state index contributed by atoms with van der Waals surface area (Å²) < 4.78 is 11.7. The molecule has 2 rings (SSSR count). The SMILES string of the molecule is CCCNC(Cc1ccco1)C(OCC)C1CCCCC1. The second-order valence-electron chi connectivity index (χ2n) is 6.16. The van der Waals surface area contributed by atoms with E-state index in [1.807, 2.05) is 6.07 Å². The minimum atomic E-state index is 0.312. The number of hydrogen-bond acceptors (Lipinski definition) is 3. The van der Waals surface area contributed by atoms with E-state index in [1.54, 1.807) is 6.26 Å². The third-order valence-corrected chi connectivity index (χ3v) is 4.53. The Morgan fingerprint density at radius 1 is 1.29 bits per heavy atom. The fraction of sp³-hybridized carbons (Fsp3) is 0.778. The molecule has 3 nitrogen and oxygen atoms in total. The van der Waals surface area contributed by atoms with Crippen molar-refractivity contribution in [1.82, 2.24) is 5.32 Å². The van der Waals surface area contributed by atoms with Gasteiger partial charge in [0.1, 0.15) is 5.76 Å². The first-order valence-electron chi connectivity index (χ1n) is 8.72. The van der Waals surface area contributed by atoms with Gasteiger partial charge in [0.2, 0.25) is 0 Å². The van der Waals surface area contributed by atoms with E-state index in [-0.39, 0.29) is 0 Å². The zero-order chi connectivity index (χ0) is 14.9. The first-order valence-corrected chi connectivity index (χ1v) is 8.72. The summed E-state index contributed by atoms with van der Waals surface area (Å²) in [5.74, 6) is 1.76. The normalized spacial score (nSPS) is 19.5. The van der Waals surface area contributed by atoms with Gasteiger partial charge in [-0.2, -0.15) is 0 Å². The number of rotatable bonds is 9. The molecule has 0 amide bonds. The molecule has 0 saturated heterocycles. The molecule has 1 aliphatic rings. The van der Waals surface area contributed by atoms with Crippen LogP contribution in [0.25, 0.3) is 0 Å². The van der Waals surface area contributed by atoms with Gasteiger partial charge < -0.3 is 14.5 Å². The lowest BCUT2D eigenvalue weighted by molar-refractivity contribution is -0.0183. The van der Waals surface area contributed by atoms with E-state index in [2.05, 4.69) is 25.2 Å². The van der Waals surface area contributed by atoms with E-state index in [1.165, 1.54) is 32.1 Å². The molecule has 21 heavy (non-hydrogen) atoms. The summed E-state index contributed by atoms with van der Waals surface area (Å²) in [6.45, 7) is 6.16. The van der Waals surface area contributed by atoms with Gasteiger partial charge in [0, 0.05) is 19.1 Å². The minimum Gasteiger partial charge on any atom is -0.469 e. The highest BCUT2D eigenvalue weighted by Crippen LogP contribution is 2.30. The predicted octanol–water partition coefficient (Wildman–Crippen LogP) is 4.18. The fourth-order valence-corrected chi connectivity index (χ4v) is 3.52. The zero-order valence-electron chi connectivity index (χ0n) is 13.6. The molecular weight excluding hydrogens is 262 g/mol.